The van der Waals surface area contributed by atoms with Crippen LogP contribution < -0.4 is 16.0 Å². The maximum atomic E-state index is 13.6. The Balaban J connectivity index is 1.59. The molecule has 3 N–H and O–H groups in total. The van der Waals surface area contributed by atoms with E-state index >= 15 is 0 Å². The Morgan fingerprint density at radius 1 is 1.07 bits per heavy atom. The summed E-state index contributed by atoms with van der Waals surface area (Å²) in [6.07, 6.45) is 0.523. The number of benzene rings is 1. The molecule has 3 rings (SSSR count). The Morgan fingerprint density at radius 3 is 2.33 bits per heavy atom. The van der Waals surface area contributed by atoms with Gasteiger partial charge in [0.05, 0.1) is 16.1 Å². The Morgan fingerprint density at radius 2 is 1.75 bits per heavy atom. The third kappa shape index (κ3) is 8.51. The Bertz CT molecular complexity index is 1210. The maximum Gasteiger partial charge on any atom is 0.408 e. The summed E-state index contributed by atoms with van der Waals surface area (Å²) in [7, 11) is 0. The van der Waals surface area contributed by atoms with Crippen LogP contribution >= 0.6 is 11.3 Å². The summed E-state index contributed by atoms with van der Waals surface area (Å²) >= 11 is 1.59. The largest absolute Gasteiger partial charge is 0.444 e. The average Bonchev–Trinajstić information content (AvgIpc) is 3.52. The van der Waals surface area contributed by atoms with Crippen molar-refractivity contribution in [3.8, 4) is 10.4 Å². The van der Waals surface area contributed by atoms with E-state index < -0.39 is 35.1 Å². The topological polar surface area (TPSA) is 130 Å². The van der Waals surface area contributed by atoms with Crippen molar-refractivity contribution in [2.24, 2.45) is 5.41 Å². The number of alkyl carbamates (subject to hydrolysis) is 1. The standard InChI is InChI=1S/C29H41N5O5S/c1-18-23(40-17-32-18)20-12-10-19(11-13-20)15-30-25(36)21-9-8-14-34(21)26(37)24(28(2,3)4)33-22(35)16-31-27(38)39-29(5,6)7/h10-13,17,21,24H,8-9,14-16H2,1-7H3,(H,30,36)(H,31,38)(H,33,35). The minimum Gasteiger partial charge on any atom is -0.444 e. The van der Waals surface area contributed by atoms with Gasteiger partial charge in [0.15, 0.2) is 0 Å². The number of carbonyl (C=O) groups is 4. The number of aromatic nitrogens is 1. The number of thiazole rings is 1. The molecule has 0 bridgehead atoms. The third-order valence-electron chi connectivity index (χ3n) is 6.48. The first kappa shape index (κ1) is 31.1. The van der Waals surface area contributed by atoms with E-state index in [1.807, 2.05) is 57.5 Å². The molecule has 218 valence electrons. The van der Waals surface area contributed by atoms with Crippen LogP contribution in [0.1, 0.15) is 65.6 Å². The Labute approximate surface area is 240 Å². The van der Waals surface area contributed by atoms with Crippen LogP contribution in [0.25, 0.3) is 10.4 Å². The van der Waals surface area contributed by atoms with Crippen molar-refractivity contribution in [3.05, 3.63) is 41.0 Å². The van der Waals surface area contributed by atoms with Crippen LogP contribution in [-0.4, -0.2) is 64.5 Å². The summed E-state index contributed by atoms with van der Waals surface area (Å²) in [5.41, 5.74) is 3.53. The number of nitrogens with one attached hydrogen (secondary N) is 3. The lowest BCUT2D eigenvalue weighted by atomic mass is 9.85. The molecule has 1 aliphatic heterocycles. The van der Waals surface area contributed by atoms with Crippen LogP contribution in [0.15, 0.2) is 29.8 Å². The number of ether oxygens (including phenoxy) is 1. The molecule has 0 spiro atoms. The molecular formula is C29H41N5O5S. The van der Waals surface area contributed by atoms with Gasteiger partial charge in [-0.15, -0.1) is 11.3 Å². The van der Waals surface area contributed by atoms with Crippen molar-refractivity contribution in [1.29, 1.82) is 0 Å². The van der Waals surface area contributed by atoms with Crippen LogP contribution in [0.2, 0.25) is 0 Å². The zero-order valence-electron chi connectivity index (χ0n) is 24.4. The van der Waals surface area contributed by atoms with Crippen LogP contribution in [0.3, 0.4) is 0 Å². The van der Waals surface area contributed by atoms with Gasteiger partial charge >= 0.3 is 6.09 Å². The van der Waals surface area contributed by atoms with Crippen LogP contribution in [0.5, 0.6) is 0 Å². The number of hydrogen-bond donors (Lipinski definition) is 3. The van der Waals surface area contributed by atoms with Gasteiger partial charge in [0.1, 0.15) is 24.2 Å². The van der Waals surface area contributed by atoms with Crippen LogP contribution in [0.4, 0.5) is 4.79 Å². The molecule has 1 aliphatic rings. The lowest BCUT2D eigenvalue weighted by Crippen LogP contribution is -2.58. The average molecular weight is 572 g/mol. The minimum absolute atomic E-state index is 0.223. The monoisotopic (exact) mass is 571 g/mol. The molecule has 0 saturated carbocycles. The molecule has 2 atom stereocenters. The highest BCUT2D eigenvalue weighted by molar-refractivity contribution is 7.13. The normalized spacial score (nSPS) is 16.3. The van der Waals surface area contributed by atoms with Gasteiger partial charge < -0.3 is 25.6 Å². The van der Waals surface area contributed by atoms with E-state index in [2.05, 4.69) is 20.9 Å². The van der Waals surface area contributed by atoms with Crippen molar-refractivity contribution in [3.63, 3.8) is 0 Å². The van der Waals surface area contributed by atoms with Crippen molar-refractivity contribution in [2.75, 3.05) is 13.1 Å². The molecule has 2 aromatic rings. The van der Waals surface area contributed by atoms with E-state index in [0.29, 0.717) is 25.9 Å². The summed E-state index contributed by atoms with van der Waals surface area (Å²) < 4.78 is 5.16. The summed E-state index contributed by atoms with van der Waals surface area (Å²) in [6.45, 7) is 13.1. The van der Waals surface area contributed by atoms with E-state index in [1.54, 1.807) is 37.0 Å². The maximum absolute atomic E-state index is 13.6. The highest BCUT2D eigenvalue weighted by Crippen LogP contribution is 2.28. The molecule has 1 aromatic heterocycles. The molecule has 10 nitrogen and oxygen atoms in total. The number of nitrogens with zero attached hydrogens (tertiary/aromatic N) is 2. The molecule has 0 radical (unpaired) electrons. The second kappa shape index (κ2) is 12.8. The lowest BCUT2D eigenvalue weighted by Gasteiger charge is -2.35. The zero-order valence-corrected chi connectivity index (χ0v) is 25.2. The highest BCUT2D eigenvalue weighted by Gasteiger charge is 2.41. The third-order valence-corrected chi connectivity index (χ3v) is 7.46. The van der Waals surface area contributed by atoms with Gasteiger partial charge in [-0.3, -0.25) is 14.4 Å². The van der Waals surface area contributed by atoms with Gasteiger partial charge in [-0.05, 0) is 57.1 Å². The second-order valence-electron chi connectivity index (χ2n) is 12.1. The molecule has 2 unspecified atom stereocenters. The number of likely N-dealkylation sites (tertiary alicyclic amines) is 1. The van der Waals surface area contributed by atoms with E-state index in [1.165, 1.54) is 0 Å². The predicted octanol–water partition coefficient (Wildman–Crippen LogP) is 3.78. The SMILES string of the molecule is Cc1ncsc1-c1ccc(CNC(=O)C2CCCN2C(=O)C(NC(=O)CNC(=O)OC(C)(C)C)C(C)(C)C)cc1. The van der Waals surface area contributed by atoms with E-state index in [0.717, 1.165) is 21.7 Å². The van der Waals surface area contributed by atoms with Crippen molar-refractivity contribution in [2.45, 2.75) is 85.5 Å². The summed E-state index contributed by atoms with van der Waals surface area (Å²) in [5, 5.41) is 8.14. The van der Waals surface area contributed by atoms with Gasteiger partial charge in [0, 0.05) is 13.1 Å². The fraction of sp³-hybridized carbons (Fsp3) is 0.552. The fourth-order valence-corrected chi connectivity index (χ4v) is 5.27. The first-order valence-electron chi connectivity index (χ1n) is 13.5. The number of hydrogen-bond acceptors (Lipinski definition) is 7. The Hall–Kier alpha value is -3.47. The summed E-state index contributed by atoms with van der Waals surface area (Å²) in [5.74, 6) is -1.06. The van der Waals surface area contributed by atoms with Gasteiger partial charge in [-0.25, -0.2) is 9.78 Å². The van der Waals surface area contributed by atoms with E-state index in [9.17, 15) is 19.2 Å². The number of aryl methyl sites for hydroxylation is 1. The highest BCUT2D eigenvalue weighted by atomic mass is 32.1. The summed E-state index contributed by atoms with van der Waals surface area (Å²) in [4.78, 5) is 58.3. The van der Waals surface area contributed by atoms with Gasteiger partial charge in [0.2, 0.25) is 17.7 Å². The molecule has 40 heavy (non-hydrogen) atoms. The first-order chi connectivity index (χ1) is 18.7. The number of rotatable bonds is 8. The van der Waals surface area contributed by atoms with Crippen LogP contribution in [-0.2, 0) is 25.7 Å². The quantitative estimate of drug-likeness (QED) is 0.442. The second-order valence-corrected chi connectivity index (χ2v) is 12.9. The van der Waals surface area contributed by atoms with Gasteiger partial charge in [-0.1, -0.05) is 45.0 Å². The number of amides is 4. The molecule has 1 fully saturated rings. The molecule has 11 heteroatoms. The molecule has 0 aliphatic carbocycles. The lowest BCUT2D eigenvalue weighted by molar-refractivity contribution is -0.143. The minimum atomic E-state index is -0.878. The van der Waals surface area contributed by atoms with Gasteiger partial charge in [-0.2, -0.15) is 0 Å². The zero-order chi connectivity index (χ0) is 29.7. The predicted molar refractivity (Wildman–Crippen MR) is 154 cm³/mol. The molecule has 1 saturated heterocycles. The van der Waals surface area contributed by atoms with Crippen molar-refractivity contribution >= 4 is 35.2 Å². The molecule has 2 heterocycles. The van der Waals surface area contributed by atoms with E-state index in [4.69, 9.17) is 4.74 Å². The van der Waals surface area contributed by atoms with Crippen molar-refractivity contribution < 1.29 is 23.9 Å². The summed E-state index contributed by atoms with van der Waals surface area (Å²) in [6, 6.07) is 6.49. The van der Waals surface area contributed by atoms with Crippen LogP contribution in [0, 0.1) is 12.3 Å². The molecule has 4 amide bonds. The molecule has 1 aromatic carbocycles. The van der Waals surface area contributed by atoms with E-state index in [-0.39, 0.29) is 18.4 Å². The Kier molecular flexibility index (Phi) is 9.94. The van der Waals surface area contributed by atoms with Crippen molar-refractivity contribution in [1.82, 2.24) is 25.8 Å². The number of carbonyl (C=O) groups excluding carboxylic acids is 4. The smallest absolute Gasteiger partial charge is 0.408 e. The van der Waals surface area contributed by atoms with Gasteiger partial charge in [0.25, 0.3) is 0 Å². The fourth-order valence-electron chi connectivity index (χ4n) is 4.46. The first-order valence-corrected chi connectivity index (χ1v) is 14.4. The molecular weight excluding hydrogens is 530 g/mol.